The van der Waals surface area contributed by atoms with Gasteiger partial charge in [0.2, 0.25) is 0 Å². The van der Waals surface area contributed by atoms with Crippen LogP contribution in [0.4, 0.5) is 61.5 Å². The fourth-order valence-electron chi connectivity index (χ4n) is 1.15. The first-order chi connectivity index (χ1) is 13.0. The molecule has 176 valence electrons. The third-order valence-electron chi connectivity index (χ3n) is 2.78. The van der Waals surface area contributed by atoms with Crippen LogP contribution in [0.1, 0.15) is 0 Å². The van der Waals surface area contributed by atoms with Gasteiger partial charge in [-0.3, -0.25) is 0 Å². The largest absolute Gasteiger partial charge is 0.460 e. The summed E-state index contributed by atoms with van der Waals surface area (Å²) in [7, 11) is 0. The molecule has 0 rings (SSSR count). The molecule has 30 heavy (non-hydrogen) atoms. The van der Waals surface area contributed by atoms with Crippen molar-refractivity contribution >= 4 is 11.9 Å². The van der Waals surface area contributed by atoms with Crippen molar-refractivity contribution in [3.8, 4) is 0 Å². The quantitative estimate of drug-likeness (QED) is 0.296. The monoisotopic (exact) mass is 480 g/mol. The number of ether oxygens (including phenoxy) is 2. The number of hydrogen-bond donors (Lipinski definition) is 0. The number of rotatable bonds is 8. The summed E-state index contributed by atoms with van der Waals surface area (Å²) in [6, 6.07) is 0. The minimum atomic E-state index is -6.74. The summed E-state index contributed by atoms with van der Waals surface area (Å²) in [6.45, 7) is -5.73. The van der Waals surface area contributed by atoms with E-state index in [1.165, 1.54) is 0 Å². The molecule has 0 spiro atoms. The fourth-order valence-corrected chi connectivity index (χ4v) is 1.15. The van der Waals surface area contributed by atoms with Crippen molar-refractivity contribution in [3.05, 3.63) is 12.2 Å². The average molecular weight is 480 g/mol. The molecular weight excluding hydrogens is 474 g/mol. The molecule has 4 nitrogen and oxygen atoms in total. The summed E-state index contributed by atoms with van der Waals surface area (Å²) in [5.41, 5.74) is 0. The number of carbonyl (C=O) groups excluding carboxylic acids is 2. The topological polar surface area (TPSA) is 52.6 Å². The van der Waals surface area contributed by atoms with Crippen molar-refractivity contribution in [1.82, 2.24) is 0 Å². The Morgan fingerprint density at radius 2 is 0.767 bits per heavy atom. The van der Waals surface area contributed by atoms with Crippen LogP contribution in [0.2, 0.25) is 0 Å². The molecule has 0 radical (unpaired) electrons. The highest BCUT2D eigenvalue weighted by atomic mass is 19.4. The van der Waals surface area contributed by atoms with E-state index in [1.54, 1.807) is 0 Å². The maximum Gasteiger partial charge on any atom is 0.460 e. The van der Waals surface area contributed by atoms with Crippen molar-refractivity contribution < 1.29 is 80.5 Å². The average Bonchev–Trinajstić information content (AvgIpc) is 2.54. The van der Waals surface area contributed by atoms with Crippen LogP contribution in [0.3, 0.4) is 0 Å². The van der Waals surface area contributed by atoms with E-state index in [0.29, 0.717) is 0 Å². The Labute approximate surface area is 155 Å². The first-order valence-corrected chi connectivity index (χ1v) is 6.66. The van der Waals surface area contributed by atoms with Crippen molar-refractivity contribution in [3.63, 3.8) is 0 Å². The Balaban J connectivity index is 4.87. The summed E-state index contributed by atoms with van der Waals surface area (Å²) in [4.78, 5) is 21.7. The SMILES string of the molecule is O=C(C=CC(=O)OCC(F)(F)C(F)(F)C(F)(F)F)OCC(F)(F)C(F)(F)C(F)(F)F. The maximum atomic E-state index is 12.8. The van der Waals surface area contributed by atoms with Crippen LogP contribution in [-0.4, -0.2) is 61.2 Å². The maximum absolute atomic E-state index is 12.8. The highest BCUT2D eigenvalue weighted by Gasteiger charge is 2.74. The van der Waals surface area contributed by atoms with E-state index >= 15 is 0 Å². The van der Waals surface area contributed by atoms with Crippen LogP contribution >= 0.6 is 0 Å². The molecule has 0 aromatic carbocycles. The highest BCUT2D eigenvalue weighted by Crippen LogP contribution is 2.47. The summed E-state index contributed by atoms with van der Waals surface area (Å²) in [5, 5.41) is 0. The van der Waals surface area contributed by atoms with E-state index in [1.807, 2.05) is 0 Å². The van der Waals surface area contributed by atoms with Crippen LogP contribution < -0.4 is 0 Å². The second-order valence-electron chi connectivity index (χ2n) is 5.10. The molecule has 0 N–H and O–H groups in total. The van der Waals surface area contributed by atoms with Crippen molar-refractivity contribution in [2.24, 2.45) is 0 Å². The van der Waals surface area contributed by atoms with Crippen LogP contribution in [0.15, 0.2) is 12.2 Å². The van der Waals surface area contributed by atoms with E-state index in [4.69, 9.17) is 0 Å². The standard InChI is InChI=1S/C12H6F14O4/c13-7(14,9(17,18)11(21,22)23)3-29-5(27)1-2-6(28)30-4-8(15,16)10(19,20)12(24,25)26/h1-2H,3-4H2. The second-order valence-corrected chi connectivity index (χ2v) is 5.10. The van der Waals surface area contributed by atoms with Gasteiger partial charge in [0.25, 0.3) is 0 Å². The van der Waals surface area contributed by atoms with Gasteiger partial charge in [-0.2, -0.15) is 61.5 Å². The van der Waals surface area contributed by atoms with Crippen LogP contribution in [0.5, 0.6) is 0 Å². The van der Waals surface area contributed by atoms with Gasteiger partial charge in [-0.05, 0) is 0 Å². The number of carbonyl (C=O) groups is 2. The van der Waals surface area contributed by atoms with Crippen molar-refractivity contribution in [2.45, 2.75) is 36.0 Å². The molecule has 0 heterocycles. The molecule has 18 heteroatoms. The predicted molar refractivity (Wildman–Crippen MR) is 63.0 cm³/mol. The summed E-state index contributed by atoms with van der Waals surface area (Å²) < 4.78 is 179. The molecule has 0 fully saturated rings. The third-order valence-corrected chi connectivity index (χ3v) is 2.78. The number of alkyl halides is 14. The molecule has 0 saturated carbocycles. The summed E-state index contributed by atoms with van der Waals surface area (Å²) in [5.74, 6) is -29.7. The lowest BCUT2D eigenvalue weighted by atomic mass is 10.2. The van der Waals surface area contributed by atoms with Gasteiger partial charge in [-0.1, -0.05) is 0 Å². The van der Waals surface area contributed by atoms with Crippen LogP contribution in [0.25, 0.3) is 0 Å². The Morgan fingerprint density at radius 3 is 0.967 bits per heavy atom. The Bertz CT molecular complexity index is 605. The summed E-state index contributed by atoms with van der Waals surface area (Å²) >= 11 is 0. The minimum absolute atomic E-state index is 0.357. The van der Waals surface area contributed by atoms with E-state index < -0.39 is 61.2 Å². The van der Waals surface area contributed by atoms with Gasteiger partial charge in [0.05, 0.1) is 0 Å². The smallest absolute Gasteiger partial charge is 0.456 e. The lowest BCUT2D eigenvalue weighted by Crippen LogP contribution is -2.54. The Kier molecular flexibility index (Phi) is 7.80. The van der Waals surface area contributed by atoms with E-state index in [-0.39, 0.29) is 12.2 Å². The van der Waals surface area contributed by atoms with Crippen molar-refractivity contribution in [2.75, 3.05) is 13.2 Å². The number of halogens is 14. The zero-order valence-corrected chi connectivity index (χ0v) is 13.5. The zero-order valence-electron chi connectivity index (χ0n) is 13.5. The molecule has 0 saturated heterocycles. The van der Waals surface area contributed by atoms with E-state index in [2.05, 4.69) is 9.47 Å². The lowest BCUT2D eigenvalue weighted by Gasteiger charge is -2.27. The molecule has 0 atom stereocenters. The normalized spacial score (nSPS) is 14.7. The minimum Gasteiger partial charge on any atom is -0.456 e. The van der Waals surface area contributed by atoms with Crippen LogP contribution in [-0.2, 0) is 19.1 Å². The van der Waals surface area contributed by atoms with E-state index in [9.17, 15) is 71.1 Å². The Morgan fingerprint density at radius 1 is 0.533 bits per heavy atom. The van der Waals surface area contributed by atoms with Gasteiger partial charge in [0.1, 0.15) is 0 Å². The molecule has 0 aliphatic carbocycles. The molecule has 0 amide bonds. The van der Waals surface area contributed by atoms with Gasteiger partial charge in [-0.25, -0.2) is 9.59 Å². The molecule has 0 aliphatic rings. The number of hydrogen-bond acceptors (Lipinski definition) is 4. The second kappa shape index (κ2) is 8.44. The van der Waals surface area contributed by atoms with Gasteiger partial charge in [-0.15, -0.1) is 0 Å². The molecule has 0 bridgehead atoms. The molecular formula is C12H6F14O4. The highest BCUT2D eigenvalue weighted by molar-refractivity contribution is 5.91. The van der Waals surface area contributed by atoms with Crippen molar-refractivity contribution in [1.29, 1.82) is 0 Å². The predicted octanol–water partition coefficient (Wildman–Crippen LogP) is 4.29. The lowest BCUT2D eigenvalue weighted by molar-refractivity contribution is -0.359. The van der Waals surface area contributed by atoms with E-state index in [0.717, 1.165) is 0 Å². The number of esters is 2. The van der Waals surface area contributed by atoms with Gasteiger partial charge in [0, 0.05) is 12.2 Å². The first-order valence-electron chi connectivity index (χ1n) is 6.66. The molecule has 0 aliphatic heterocycles. The summed E-state index contributed by atoms with van der Waals surface area (Å²) in [6.07, 6.45) is -14.2. The fraction of sp³-hybridized carbons (Fsp3) is 0.667. The van der Waals surface area contributed by atoms with Crippen LogP contribution in [0, 0.1) is 0 Å². The first kappa shape index (κ1) is 27.7. The zero-order chi connectivity index (χ0) is 24.4. The van der Waals surface area contributed by atoms with Gasteiger partial charge in [0.15, 0.2) is 13.2 Å². The molecule has 0 aromatic heterocycles. The van der Waals surface area contributed by atoms with Gasteiger partial charge < -0.3 is 9.47 Å². The Hall–Kier alpha value is -2.30. The molecule has 0 unspecified atom stereocenters. The van der Waals surface area contributed by atoms with Gasteiger partial charge >= 0.3 is 48.0 Å². The third kappa shape index (κ3) is 6.10. The molecule has 0 aromatic rings.